The fraction of sp³-hybridized carbons (Fsp3) is 0.769. The minimum Gasteiger partial charge on any atom is -0.316 e. The van der Waals surface area contributed by atoms with Gasteiger partial charge in [0.25, 0.3) is 0 Å². The summed E-state index contributed by atoms with van der Waals surface area (Å²) >= 11 is 3.58. The summed E-state index contributed by atoms with van der Waals surface area (Å²) in [6, 6.07) is 0.523. The maximum absolute atomic E-state index is 4.35. The van der Waals surface area contributed by atoms with E-state index in [1.807, 2.05) is 13.2 Å². The summed E-state index contributed by atoms with van der Waals surface area (Å²) in [5.74, 6) is 0. The number of aromatic nitrogens is 2. The van der Waals surface area contributed by atoms with E-state index in [0.717, 1.165) is 23.9 Å². The number of hydrogen-bond donors (Lipinski definition) is 1. The molecule has 0 aromatic carbocycles. The molecule has 0 aliphatic carbocycles. The van der Waals surface area contributed by atoms with Crippen LogP contribution in [0.2, 0.25) is 0 Å². The Morgan fingerprint density at radius 2 is 2.12 bits per heavy atom. The van der Waals surface area contributed by atoms with E-state index in [4.69, 9.17) is 0 Å². The van der Waals surface area contributed by atoms with Gasteiger partial charge in [0.1, 0.15) is 0 Å². The lowest BCUT2D eigenvalue weighted by Crippen LogP contribution is -2.38. The van der Waals surface area contributed by atoms with Crippen LogP contribution in [0.3, 0.4) is 0 Å². The van der Waals surface area contributed by atoms with Crippen LogP contribution < -0.4 is 5.32 Å². The predicted octanol–water partition coefficient (Wildman–Crippen LogP) is 3.23. The van der Waals surface area contributed by atoms with E-state index in [2.05, 4.69) is 58.7 Å². The third kappa shape index (κ3) is 3.81. The Balaban J connectivity index is 2.69. The van der Waals surface area contributed by atoms with Crippen molar-refractivity contribution in [3.63, 3.8) is 0 Å². The lowest BCUT2D eigenvalue weighted by Gasteiger charge is -2.30. The Morgan fingerprint density at radius 1 is 1.47 bits per heavy atom. The van der Waals surface area contributed by atoms with Crippen molar-refractivity contribution in [3.05, 3.63) is 16.4 Å². The largest absolute Gasteiger partial charge is 0.316 e. The molecule has 0 aliphatic rings. The highest BCUT2D eigenvalue weighted by atomic mass is 79.9. The number of hydrogen-bond acceptors (Lipinski definition) is 2. The zero-order valence-electron chi connectivity index (χ0n) is 11.5. The molecular formula is C13H24BrN3. The number of rotatable bonds is 5. The molecule has 0 spiro atoms. The van der Waals surface area contributed by atoms with Gasteiger partial charge in [0, 0.05) is 12.6 Å². The fourth-order valence-electron chi connectivity index (χ4n) is 2.20. The van der Waals surface area contributed by atoms with E-state index in [0.29, 0.717) is 6.04 Å². The number of nitrogens with one attached hydrogen (secondary N) is 1. The molecule has 1 heterocycles. The van der Waals surface area contributed by atoms with Gasteiger partial charge in [-0.2, -0.15) is 5.10 Å². The summed E-state index contributed by atoms with van der Waals surface area (Å²) in [6.07, 6.45) is 4.08. The summed E-state index contributed by atoms with van der Waals surface area (Å²) in [4.78, 5) is 0. The molecule has 17 heavy (non-hydrogen) atoms. The number of aryl methyl sites for hydroxylation is 1. The molecule has 0 fully saturated rings. The van der Waals surface area contributed by atoms with Gasteiger partial charge in [-0.3, -0.25) is 4.68 Å². The van der Waals surface area contributed by atoms with Crippen molar-refractivity contribution >= 4 is 15.9 Å². The molecule has 4 heteroatoms. The van der Waals surface area contributed by atoms with Crippen LogP contribution in [0.15, 0.2) is 10.7 Å². The van der Waals surface area contributed by atoms with Gasteiger partial charge >= 0.3 is 0 Å². The normalized spacial score (nSPS) is 14.0. The molecule has 0 saturated carbocycles. The van der Waals surface area contributed by atoms with Crippen LogP contribution in [-0.2, 0) is 13.0 Å². The summed E-state index contributed by atoms with van der Waals surface area (Å²) in [6.45, 7) is 9.89. The molecule has 0 amide bonds. The van der Waals surface area contributed by atoms with Crippen LogP contribution >= 0.6 is 15.9 Å². The third-order valence-electron chi connectivity index (χ3n) is 3.26. The Hall–Kier alpha value is -0.350. The molecule has 1 rings (SSSR count). The predicted molar refractivity (Wildman–Crippen MR) is 76.2 cm³/mol. The van der Waals surface area contributed by atoms with Crippen molar-refractivity contribution in [2.75, 3.05) is 7.05 Å². The Kier molecular flexibility index (Phi) is 5.20. The topological polar surface area (TPSA) is 29.9 Å². The van der Waals surface area contributed by atoms with Crippen LogP contribution in [0.25, 0.3) is 0 Å². The summed E-state index contributed by atoms with van der Waals surface area (Å²) < 4.78 is 3.20. The van der Waals surface area contributed by atoms with E-state index in [-0.39, 0.29) is 5.41 Å². The average molecular weight is 302 g/mol. The molecule has 1 unspecified atom stereocenters. The second kappa shape index (κ2) is 6.01. The molecule has 0 aliphatic heterocycles. The van der Waals surface area contributed by atoms with Gasteiger partial charge in [0.2, 0.25) is 0 Å². The minimum absolute atomic E-state index is 0.290. The van der Waals surface area contributed by atoms with Crippen LogP contribution in [0, 0.1) is 5.41 Å². The SMILES string of the molecule is CCn1ncc(Br)c1CCC(NC)C(C)(C)C. The summed E-state index contributed by atoms with van der Waals surface area (Å²) in [5.41, 5.74) is 1.59. The van der Waals surface area contributed by atoms with E-state index in [1.165, 1.54) is 5.69 Å². The lowest BCUT2D eigenvalue weighted by atomic mass is 9.84. The standard InChI is InChI=1S/C13H24BrN3/c1-6-17-11(10(14)9-16-17)7-8-12(15-5)13(2,3)4/h9,12,15H,6-8H2,1-5H3. The van der Waals surface area contributed by atoms with E-state index < -0.39 is 0 Å². The van der Waals surface area contributed by atoms with E-state index >= 15 is 0 Å². The average Bonchev–Trinajstić information content (AvgIpc) is 2.59. The molecular weight excluding hydrogens is 278 g/mol. The van der Waals surface area contributed by atoms with Crippen molar-refractivity contribution in [3.8, 4) is 0 Å². The van der Waals surface area contributed by atoms with Gasteiger partial charge < -0.3 is 5.32 Å². The van der Waals surface area contributed by atoms with Crippen molar-refractivity contribution in [1.82, 2.24) is 15.1 Å². The van der Waals surface area contributed by atoms with Crippen LogP contribution in [-0.4, -0.2) is 22.9 Å². The number of nitrogens with zero attached hydrogens (tertiary/aromatic N) is 2. The molecule has 98 valence electrons. The van der Waals surface area contributed by atoms with Crippen LogP contribution in [0.1, 0.15) is 39.8 Å². The maximum Gasteiger partial charge on any atom is 0.0635 e. The Bertz CT molecular complexity index is 352. The highest BCUT2D eigenvalue weighted by Crippen LogP contribution is 2.25. The fourth-order valence-corrected chi connectivity index (χ4v) is 2.69. The zero-order chi connectivity index (χ0) is 13.1. The molecule has 1 atom stereocenters. The van der Waals surface area contributed by atoms with Gasteiger partial charge in [0.05, 0.1) is 16.4 Å². The van der Waals surface area contributed by atoms with Gasteiger partial charge in [-0.25, -0.2) is 0 Å². The highest BCUT2D eigenvalue weighted by molar-refractivity contribution is 9.10. The Labute approximate surface area is 113 Å². The molecule has 0 saturated heterocycles. The first-order valence-electron chi connectivity index (χ1n) is 6.27. The molecule has 1 aromatic heterocycles. The Morgan fingerprint density at radius 3 is 2.59 bits per heavy atom. The summed E-state index contributed by atoms with van der Waals surface area (Å²) in [5, 5.41) is 7.77. The first-order valence-corrected chi connectivity index (χ1v) is 7.06. The zero-order valence-corrected chi connectivity index (χ0v) is 13.1. The molecule has 3 nitrogen and oxygen atoms in total. The molecule has 1 aromatic rings. The summed E-state index contributed by atoms with van der Waals surface area (Å²) in [7, 11) is 2.04. The first kappa shape index (κ1) is 14.7. The quantitative estimate of drug-likeness (QED) is 0.905. The van der Waals surface area contributed by atoms with Crippen molar-refractivity contribution in [2.45, 2.75) is 53.1 Å². The van der Waals surface area contributed by atoms with Crippen LogP contribution in [0.4, 0.5) is 0 Å². The minimum atomic E-state index is 0.290. The van der Waals surface area contributed by atoms with Crippen LogP contribution in [0.5, 0.6) is 0 Å². The van der Waals surface area contributed by atoms with Gasteiger partial charge in [-0.15, -0.1) is 0 Å². The second-order valence-electron chi connectivity index (χ2n) is 5.50. The first-order chi connectivity index (χ1) is 7.90. The van der Waals surface area contributed by atoms with Gasteiger partial charge in [0.15, 0.2) is 0 Å². The van der Waals surface area contributed by atoms with E-state index in [1.54, 1.807) is 0 Å². The maximum atomic E-state index is 4.35. The molecule has 0 bridgehead atoms. The van der Waals surface area contributed by atoms with Crippen molar-refractivity contribution < 1.29 is 0 Å². The monoisotopic (exact) mass is 301 g/mol. The second-order valence-corrected chi connectivity index (χ2v) is 6.36. The highest BCUT2D eigenvalue weighted by Gasteiger charge is 2.23. The molecule has 1 N–H and O–H groups in total. The van der Waals surface area contributed by atoms with Gasteiger partial charge in [-0.1, -0.05) is 20.8 Å². The lowest BCUT2D eigenvalue weighted by molar-refractivity contribution is 0.266. The number of halogens is 1. The van der Waals surface area contributed by atoms with Crippen molar-refractivity contribution in [1.29, 1.82) is 0 Å². The van der Waals surface area contributed by atoms with Crippen molar-refractivity contribution in [2.24, 2.45) is 5.41 Å². The smallest absolute Gasteiger partial charge is 0.0635 e. The third-order valence-corrected chi connectivity index (χ3v) is 3.92. The van der Waals surface area contributed by atoms with E-state index in [9.17, 15) is 0 Å². The molecule has 0 radical (unpaired) electrons. The van der Waals surface area contributed by atoms with Gasteiger partial charge in [-0.05, 0) is 48.2 Å².